The Bertz CT molecular complexity index is 707. The smallest absolute Gasteiger partial charge is 0.276 e. The Morgan fingerprint density at radius 1 is 1.00 bits per heavy atom. The molecule has 0 aliphatic rings. The van der Waals surface area contributed by atoms with Gasteiger partial charge in [0, 0.05) is 15.9 Å². The van der Waals surface area contributed by atoms with Crippen molar-refractivity contribution in [3.8, 4) is 5.75 Å². The van der Waals surface area contributed by atoms with Crippen LogP contribution in [0, 0.1) is 0 Å². The van der Waals surface area contributed by atoms with E-state index in [1.54, 1.807) is 18.2 Å². The normalized spacial score (nSPS) is 10.1. The Morgan fingerprint density at radius 3 is 2.38 bits per heavy atom. The Labute approximate surface area is 153 Å². The number of rotatable bonds is 6. The highest BCUT2D eigenvalue weighted by molar-refractivity contribution is 9.10. The SMILES string of the molecule is O=C(CCc1ccccc1Cl)NNC(=O)COc1ccc(Br)cc1. The highest BCUT2D eigenvalue weighted by atomic mass is 79.9. The van der Waals surface area contributed by atoms with Crippen LogP contribution in [0.15, 0.2) is 53.0 Å². The third-order valence-corrected chi connectivity index (χ3v) is 4.00. The molecule has 2 aromatic carbocycles. The second kappa shape index (κ2) is 9.30. The van der Waals surface area contributed by atoms with E-state index in [2.05, 4.69) is 26.8 Å². The van der Waals surface area contributed by atoms with Gasteiger partial charge in [0.25, 0.3) is 5.91 Å². The Balaban J connectivity index is 1.66. The van der Waals surface area contributed by atoms with Gasteiger partial charge in [-0.1, -0.05) is 45.7 Å². The molecular weight excluding hydrogens is 396 g/mol. The average Bonchev–Trinajstić information content (AvgIpc) is 2.58. The lowest BCUT2D eigenvalue weighted by Gasteiger charge is -2.09. The summed E-state index contributed by atoms with van der Waals surface area (Å²) < 4.78 is 6.22. The first kappa shape index (κ1) is 18.3. The van der Waals surface area contributed by atoms with Gasteiger partial charge in [0.15, 0.2) is 6.61 Å². The van der Waals surface area contributed by atoms with E-state index in [-0.39, 0.29) is 18.9 Å². The number of hydrogen-bond acceptors (Lipinski definition) is 3. The van der Waals surface area contributed by atoms with Gasteiger partial charge in [0.2, 0.25) is 5.91 Å². The summed E-state index contributed by atoms with van der Waals surface area (Å²) in [4.78, 5) is 23.4. The monoisotopic (exact) mass is 410 g/mol. The fourth-order valence-corrected chi connectivity index (χ4v) is 2.36. The lowest BCUT2D eigenvalue weighted by Crippen LogP contribution is -2.43. The van der Waals surface area contributed by atoms with E-state index < -0.39 is 5.91 Å². The van der Waals surface area contributed by atoms with Crippen molar-refractivity contribution in [1.82, 2.24) is 10.9 Å². The summed E-state index contributed by atoms with van der Waals surface area (Å²) in [5.74, 6) is -0.172. The van der Waals surface area contributed by atoms with Crippen LogP contribution < -0.4 is 15.6 Å². The third-order valence-electron chi connectivity index (χ3n) is 3.10. The fourth-order valence-electron chi connectivity index (χ4n) is 1.87. The second-order valence-corrected chi connectivity index (χ2v) is 6.25. The first-order valence-electron chi connectivity index (χ1n) is 7.24. The molecule has 2 aromatic rings. The molecule has 0 unspecified atom stereocenters. The molecule has 2 N–H and O–H groups in total. The molecular formula is C17H16BrClN2O3. The maximum absolute atomic E-state index is 11.7. The summed E-state index contributed by atoms with van der Waals surface area (Å²) in [7, 11) is 0. The quantitative estimate of drug-likeness (QED) is 0.717. The number of carbonyl (C=O) groups excluding carboxylic acids is 2. The van der Waals surface area contributed by atoms with Crippen molar-refractivity contribution in [2.24, 2.45) is 0 Å². The van der Waals surface area contributed by atoms with Gasteiger partial charge >= 0.3 is 0 Å². The van der Waals surface area contributed by atoms with E-state index in [0.29, 0.717) is 17.2 Å². The predicted octanol–water partition coefficient (Wildman–Crippen LogP) is 3.26. The number of benzene rings is 2. The highest BCUT2D eigenvalue weighted by Gasteiger charge is 2.07. The number of carbonyl (C=O) groups is 2. The van der Waals surface area contributed by atoms with Crippen molar-refractivity contribution < 1.29 is 14.3 Å². The van der Waals surface area contributed by atoms with Crippen LogP contribution in [-0.2, 0) is 16.0 Å². The zero-order valence-electron chi connectivity index (χ0n) is 12.7. The Morgan fingerprint density at radius 2 is 1.67 bits per heavy atom. The highest BCUT2D eigenvalue weighted by Crippen LogP contribution is 2.16. The van der Waals surface area contributed by atoms with Gasteiger partial charge in [-0.3, -0.25) is 20.4 Å². The molecule has 126 valence electrons. The molecule has 2 amide bonds. The van der Waals surface area contributed by atoms with Gasteiger partial charge in [-0.05, 0) is 42.3 Å². The number of halogens is 2. The van der Waals surface area contributed by atoms with E-state index in [1.165, 1.54) is 0 Å². The lowest BCUT2D eigenvalue weighted by atomic mass is 10.1. The number of ether oxygens (including phenoxy) is 1. The fraction of sp³-hybridized carbons (Fsp3) is 0.176. The molecule has 0 bridgehead atoms. The van der Waals surface area contributed by atoms with Crippen molar-refractivity contribution in [1.29, 1.82) is 0 Å². The van der Waals surface area contributed by atoms with Crippen LogP contribution >= 0.6 is 27.5 Å². The largest absolute Gasteiger partial charge is 0.484 e. The molecule has 0 aliphatic carbocycles. The first-order valence-corrected chi connectivity index (χ1v) is 8.41. The molecule has 0 aliphatic heterocycles. The standard InChI is InChI=1S/C17H16BrClN2O3/c18-13-6-8-14(9-7-13)24-11-17(23)21-20-16(22)10-5-12-3-1-2-4-15(12)19/h1-4,6-9H,5,10-11H2,(H,20,22)(H,21,23). The number of aryl methyl sites for hydroxylation is 1. The molecule has 5 nitrogen and oxygen atoms in total. The zero-order valence-corrected chi connectivity index (χ0v) is 15.1. The van der Waals surface area contributed by atoms with Gasteiger partial charge in [0.05, 0.1) is 0 Å². The summed E-state index contributed by atoms with van der Waals surface area (Å²) in [5.41, 5.74) is 5.55. The van der Waals surface area contributed by atoms with E-state index >= 15 is 0 Å². The minimum absolute atomic E-state index is 0.188. The summed E-state index contributed by atoms with van der Waals surface area (Å²) in [6.45, 7) is -0.188. The summed E-state index contributed by atoms with van der Waals surface area (Å²) in [6, 6.07) is 14.4. The van der Waals surface area contributed by atoms with Crippen LogP contribution in [0.25, 0.3) is 0 Å². The second-order valence-electron chi connectivity index (χ2n) is 4.93. The van der Waals surface area contributed by atoms with Crippen molar-refractivity contribution in [3.63, 3.8) is 0 Å². The van der Waals surface area contributed by atoms with Crippen LogP contribution in [0.5, 0.6) is 5.75 Å². The van der Waals surface area contributed by atoms with Gasteiger partial charge in [-0.2, -0.15) is 0 Å². The molecule has 0 spiro atoms. The zero-order chi connectivity index (χ0) is 17.4. The molecule has 0 atom stereocenters. The maximum atomic E-state index is 11.7. The molecule has 0 heterocycles. The number of amides is 2. The molecule has 7 heteroatoms. The van der Waals surface area contributed by atoms with Gasteiger partial charge in [-0.15, -0.1) is 0 Å². The molecule has 24 heavy (non-hydrogen) atoms. The van der Waals surface area contributed by atoms with E-state index in [1.807, 2.05) is 30.3 Å². The van der Waals surface area contributed by atoms with Crippen LogP contribution in [0.2, 0.25) is 5.02 Å². The van der Waals surface area contributed by atoms with Crippen molar-refractivity contribution in [3.05, 3.63) is 63.6 Å². The lowest BCUT2D eigenvalue weighted by molar-refractivity contribution is -0.130. The van der Waals surface area contributed by atoms with E-state index in [9.17, 15) is 9.59 Å². The van der Waals surface area contributed by atoms with Crippen LogP contribution in [-0.4, -0.2) is 18.4 Å². The molecule has 2 rings (SSSR count). The summed E-state index contributed by atoms with van der Waals surface area (Å²) >= 11 is 9.34. The van der Waals surface area contributed by atoms with Crippen molar-refractivity contribution in [2.75, 3.05) is 6.61 Å². The van der Waals surface area contributed by atoms with Gasteiger partial charge < -0.3 is 4.74 Å². The molecule has 0 aromatic heterocycles. The molecule has 0 saturated carbocycles. The minimum Gasteiger partial charge on any atom is -0.484 e. The number of nitrogens with one attached hydrogen (secondary N) is 2. The van der Waals surface area contributed by atoms with E-state index in [4.69, 9.17) is 16.3 Å². The summed E-state index contributed by atoms with van der Waals surface area (Å²) in [5, 5.41) is 0.622. The van der Waals surface area contributed by atoms with Crippen LogP contribution in [0.1, 0.15) is 12.0 Å². The maximum Gasteiger partial charge on any atom is 0.276 e. The molecule has 0 radical (unpaired) electrons. The average molecular weight is 412 g/mol. The van der Waals surface area contributed by atoms with Gasteiger partial charge in [-0.25, -0.2) is 0 Å². The topological polar surface area (TPSA) is 67.4 Å². The Kier molecular flexibility index (Phi) is 7.08. The van der Waals surface area contributed by atoms with Crippen molar-refractivity contribution in [2.45, 2.75) is 12.8 Å². The minimum atomic E-state index is -0.441. The van der Waals surface area contributed by atoms with Gasteiger partial charge in [0.1, 0.15) is 5.75 Å². The van der Waals surface area contributed by atoms with Crippen LogP contribution in [0.3, 0.4) is 0 Å². The van der Waals surface area contributed by atoms with E-state index in [0.717, 1.165) is 10.0 Å². The number of hydrogen-bond donors (Lipinski definition) is 2. The van der Waals surface area contributed by atoms with Crippen molar-refractivity contribution >= 4 is 39.3 Å². The number of hydrazine groups is 1. The molecule has 0 saturated heterocycles. The third kappa shape index (κ3) is 6.22. The molecule has 0 fully saturated rings. The Hall–Kier alpha value is -2.05. The summed E-state index contributed by atoms with van der Waals surface area (Å²) in [6.07, 6.45) is 0.717. The first-order chi connectivity index (χ1) is 11.5. The van der Waals surface area contributed by atoms with Crippen LogP contribution in [0.4, 0.5) is 0 Å². The predicted molar refractivity (Wildman–Crippen MR) is 95.7 cm³/mol.